The van der Waals surface area contributed by atoms with E-state index in [0.29, 0.717) is 0 Å². The highest BCUT2D eigenvalue weighted by atomic mass is 14.8. The van der Waals surface area contributed by atoms with Gasteiger partial charge in [-0.1, -0.05) is 18.2 Å². The van der Waals surface area contributed by atoms with E-state index in [0.717, 1.165) is 28.0 Å². The largest absolute Gasteiger partial charge is 0.249 e. The third kappa shape index (κ3) is 2.18. The molecule has 0 saturated carbocycles. The van der Waals surface area contributed by atoms with Crippen molar-refractivity contribution in [2.45, 2.75) is 27.7 Å². The van der Waals surface area contributed by atoms with Gasteiger partial charge < -0.3 is 0 Å². The van der Waals surface area contributed by atoms with Crippen molar-refractivity contribution >= 4 is 11.0 Å². The number of aromatic nitrogens is 2. The van der Waals surface area contributed by atoms with Gasteiger partial charge in [0.05, 0.1) is 22.4 Å². The van der Waals surface area contributed by atoms with E-state index in [1.807, 2.05) is 13.0 Å². The second-order valence-corrected chi connectivity index (χ2v) is 5.45. The minimum Gasteiger partial charge on any atom is -0.249 e. The smallest absolute Gasteiger partial charge is 0.0922 e. The lowest BCUT2D eigenvalue weighted by molar-refractivity contribution is 1.18. The highest BCUT2D eigenvalue weighted by Crippen LogP contribution is 2.25. The van der Waals surface area contributed by atoms with Crippen LogP contribution in [0.4, 0.5) is 0 Å². The van der Waals surface area contributed by atoms with Crippen LogP contribution in [0.2, 0.25) is 0 Å². The molecule has 2 aromatic carbocycles. The van der Waals surface area contributed by atoms with Crippen molar-refractivity contribution in [3.63, 3.8) is 0 Å². The molecule has 3 rings (SSSR count). The Balaban J connectivity index is 2.24. The normalized spacial score (nSPS) is 11.0. The van der Waals surface area contributed by atoms with E-state index in [2.05, 4.69) is 56.1 Å². The summed E-state index contributed by atoms with van der Waals surface area (Å²) in [4.78, 5) is 9.50. The van der Waals surface area contributed by atoms with Gasteiger partial charge in [0.25, 0.3) is 0 Å². The third-order valence-corrected chi connectivity index (χ3v) is 3.77. The number of rotatable bonds is 1. The molecule has 0 unspecified atom stereocenters. The van der Waals surface area contributed by atoms with Crippen molar-refractivity contribution in [1.29, 1.82) is 0 Å². The fraction of sp³-hybridized carbons (Fsp3) is 0.222. The molecule has 0 radical (unpaired) electrons. The molecule has 2 heteroatoms. The van der Waals surface area contributed by atoms with Crippen LogP contribution in [0.3, 0.4) is 0 Å². The molecule has 2 nitrogen and oxygen atoms in total. The van der Waals surface area contributed by atoms with Crippen LogP contribution < -0.4 is 0 Å². The topological polar surface area (TPSA) is 25.8 Å². The zero-order valence-electron chi connectivity index (χ0n) is 12.4. The Bertz CT molecular complexity index is 804. The average molecular weight is 262 g/mol. The summed E-state index contributed by atoms with van der Waals surface area (Å²) in [7, 11) is 0. The Morgan fingerprint density at radius 2 is 1.50 bits per heavy atom. The molecule has 0 saturated heterocycles. The Kier molecular flexibility index (Phi) is 3.01. The van der Waals surface area contributed by atoms with Gasteiger partial charge in [0.1, 0.15) is 0 Å². The quantitative estimate of drug-likeness (QED) is 0.644. The monoisotopic (exact) mass is 262 g/mol. The van der Waals surface area contributed by atoms with Crippen molar-refractivity contribution in [3.05, 3.63) is 58.8 Å². The number of hydrogen-bond acceptors (Lipinski definition) is 2. The van der Waals surface area contributed by atoms with Crippen molar-refractivity contribution in [2.24, 2.45) is 0 Å². The Morgan fingerprint density at radius 1 is 0.700 bits per heavy atom. The van der Waals surface area contributed by atoms with Crippen LogP contribution in [0.25, 0.3) is 22.3 Å². The average Bonchev–Trinajstić information content (AvgIpc) is 2.42. The van der Waals surface area contributed by atoms with E-state index in [9.17, 15) is 0 Å². The second kappa shape index (κ2) is 4.71. The number of benzene rings is 2. The fourth-order valence-electron chi connectivity index (χ4n) is 2.41. The van der Waals surface area contributed by atoms with Crippen molar-refractivity contribution in [3.8, 4) is 11.3 Å². The van der Waals surface area contributed by atoms with E-state index in [1.54, 1.807) is 0 Å². The Labute approximate surface area is 119 Å². The van der Waals surface area contributed by atoms with Gasteiger partial charge in [-0.15, -0.1) is 0 Å². The molecule has 3 aromatic rings. The van der Waals surface area contributed by atoms with Crippen LogP contribution in [-0.2, 0) is 0 Å². The summed E-state index contributed by atoms with van der Waals surface area (Å²) in [6.45, 7) is 8.36. The summed E-state index contributed by atoms with van der Waals surface area (Å²) in [5, 5.41) is 0. The van der Waals surface area contributed by atoms with Gasteiger partial charge in [-0.2, -0.15) is 0 Å². The Hall–Kier alpha value is -2.22. The first-order valence-corrected chi connectivity index (χ1v) is 6.87. The standard InChI is InChI=1S/C18H18N2/c1-11-5-8-16-17(9-11)20-18(14(4)19-16)15-7-6-12(2)13(3)10-15/h5-10H,1-4H3. The summed E-state index contributed by atoms with van der Waals surface area (Å²) in [6, 6.07) is 12.7. The van der Waals surface area contributed by atoms with Crippen LogP contribution >= 0.6 is 0 Å². The molecule has 0 aliphatic heterocycles. The SMILES string of the molecule is Cc1ccc2nc(C)c(-c3ccc(C)c(C)c3)nc2c1. The lowest BCUT2D eigenvalue weighted by atomic mass is 10.0. The van der Waals surface area contributed by atoms with E-state index in [-0.39, 0.29) is 0 Å². The zero-order valence-corrected chi connectivity index (χ0v) is 12.4. The summed E-state index contributed by atoms with van der Waals surface area (Å²) < 4.78 is 0. The molecule has 0 aliphatic rings. The van der Waals surface area contributed by atoms with Crippen LogP contribution in [0.5, 0.6) is 0 Å². The number of nitrogens with zero attached hydrogens (tertiary/aromatic N) is 2. The van der Waals surface area contributed by atoms with Crippen molar-refractivity contribution in [2.75, 3.05) is 0 Å². The lowest BCUT2D eigenvalue weighted by Crippen LogP contribution is -1.95. The van der Waals surface area contributed by atoms with Gasteiger partial charge in [0.15, 0.2) is 0 Å². The number of hydrogen-bond donors (Lipinski definition) is 0. The molecular formula is C18H18N2. The maximum absolute atomic E-state index is 4.81. The van der Waals surface area contributed by atoms with Crippen LogP contribution in [-0.4, -0.2) is 9.97 Å². The predicted molar refractivity (Wildman–Crippen MR) is 83.9 cm³/mol. The number of aryl methyl sites for hydroxylation is 4. The summed E-state index contributed by atoms with van der Waals surface area (Å²) in [5.41, 5.74) is 8.81. The van der Waals surface area contributed by atoms with Crippen LogP contribution in [0.15, 0.2) is 36.4 Å². The molecule has 100 valence electrons. The molecule has 0 aliphatic carbocycles. The molecule has 1 aromatic heterocycles. The number of fused-ring (bicyclic) bond motifs is 1. The first kappa shape index (κ1) is 12.8. The van der Waals surface area contributed by atoms with Gasteiger partial charge >= 0.3 is 0 Å². The minimum atomic E-state index is 0.959. The van der Waals surface area contributed by atoms with Crippen molar-refractivity contribution in [1.82, 2.24) is 9.97 Å². The first-order chi connectivity index (χ1) is 9.54. The maximum atomic E-state index is 4.81. The van der Waals surface area contributed by atoms with Gasteiger partial charge in [-0.05, 0) is 62.6 Å². The Morgan fingerprint density at radius 3 is 2.25 bits per heavy atom. The summed E-state index contributed by atoms with van der Waals surface area (Å²) >= 11 is 0. The predicted octanol–water partition coefficient (Wildman–Crippen LogP) is 4.53. The fourth-order valence-corrected chi connectivity index (χ4v) is 2.41. The lowest BCUT2D eigenvalue weighted by Gasteiger charge is -2.09. The minimum absolute atomic E-state index is 0.959. The molecule has 0 fully saturated rings. The molecule has 1 heterocycles. The summed E-state index contributed by atoms with van der Waals surface area (Å²) in [6.07, 6.45) is 0. The van der Waals surface area contributed by atoms with Crippen LogP contribution in [0.1, 0.15) is 22.4 Å². The van der Waals surface area contributed by atoms with E-state index in [1.165, 1.54) is 16.7 Å². The zero-order chi connectivity index (χ0) is 14.3. The van der Waals surface area contributed by atoms with E-state index < -0.39 is 0 Å². The molecule has 0 N–H and O–H groups in total. The van der Waals surface area contributed by atoms with Crippen molar-refractivity contribution < 1.29 is 0 Å². The van der Waals surface area contributed by atoms with E-state index in [4.69, 9.17) is 4.98 Å². The van der Waals surface area contributed by atoms with Gasteiger partial charge in [-0.3, -0.25) is 0 Å². The molecule has 0 atom stereocenters. The van der Waals surface area contributed by atoms with Crippen LogP contribution in [0, 0.1) is 27.7 Å². The maximum Gasteiger partial charge on any atom is 0.0922 e. The molecule has 0 amide bonds. The third-order valence-electron chi connectivity index (χ3n) is 3.77. The molecular weight excluding hydrogens is 244 g/mol. The van der Waals surface area contributed by atoms with Gasteiger partial charge in [0, 0.05) is 5.56 Å². The first-order valence-electron chi connectivity index (χ1n) is 6.87. The highest BCUT2D eigenvalue weighted by molar-refractivity contribution is 5.79. The van der Waals surface area contributed by atoms with E-state index >= 15 is 0 Å². The van der Waals surface area contributed by atoms with Gasteiger partial charge in [-0.25, -0.2) is 9.97 Å². The highest BCUT2D eigenvalue weighted by Gasteiger charge is 2.08. The molecule has 20 heavy (non-hydrogen) atoms. The van der Waals surface area contributed by atoms with Gasteiger partial charge in [0.2, 0.25) is 0 Å². The second-order valence-electron chi connectivity index (χ2n) is 5.45. The summed E-state index contributed by atoms with van der Waals surface area (Å²) in [5.74, 6) is 0. The molecule has 0 spiro atoms. The molecule has 0 bridgehead atoms.